The molecule has 0 saturated heterocycles. The van der Waals surface area contributed by atoms with Gasteiger partial charge in [-0.25, -0.2) is 0 Å². The second-order valence-electron chi connectivity index (χ2n) is 6.36. The molecule has 2 aliphatic rings. The SMILES string of the molecule is Cc1nc(C2(NC(=O)/C=C/c3ccc4c(c3)OCO4)CCCC2)no1. The summed E-state index contributed by atoms with van der Waals surface area (Å²) in [6.45, 7) is 1.98. The lowest BCUT2D eigenvalue weighted by atomic mass is 9.96. The predicted molar refractivity (Wildman–Crippen MR) is 88.9 cm³/mol. The monoisotopic (exact) mass is 341 g/mol. The maximum absolute atomic E-state index is 12.5. The summed E-state index contributed by atoms with van der Waals surface area (Å²) < 4.78 is 15.7. The van der Waals surface area contributed by atoms with Crippen LogP contribution in [0.2, 0.25) is 0 Å². The quantitative estimate of drug-likeness (QED) is 0.861. The van der Waals surface area contributed by atoms with Crippen molar-refractivity contribution >= 4 is 12.0 Å². The molecule has 7 nitrogen and oxygen atoms in total. The van der Waals surface area contributed by atoms with Crippen LogP contribution < -0.4 is 14.8 Å². The zero-order chi connectivity index (χ0) is 17.3. The van der Waals surface area contributed by atoms with Crippen LogP contribution in [0.15, 0.2) is 28.8 Å². The second-order valence-corrected chi connectivity index (χ2v) is 6.36. The Morgan fingerprint density at radius 3 is 2.80 bits per heavy atom. The van der Waals surface area contributed by atoms with Gasteiger partial charge in [-0.2, -0.15) is 4.98 Å². The Balaban J connectivity index is 1.49. The molecule has 1 saturated carbocycles. The van der Waals surface area contributed by atoms with Crippen molar-refractivity contribution in [1.29, 1.82) is 0 Å². The van der Waals surface area contributed by atoms with E-state index < -0.39 is 5.54 Å². The highest BCUT2D eigenvalue weighted by molar-refractivity contribution is 5.92. The fraction of sp³-hybridized carbons (Fsp3) is 0.389. The minimum atomic E-state index is -0.534. The summed E-state index contributed by atoms with van der Waals surface area (Å²) in [5, 5.41) is 7.10. The summed E-state index contributed by atoms with van der Waals surface area (Å²) in [5.74, 6) is 2.30. The average Bonchev–Trinajstić information content (AvgIpc) is 3.33. The van der Waals surface area contributed by atoms with Gasteiger partial charge in [0, 0.05) is 13.0 Å². The number of hydrogen-bond donors (Lipinski definition) is 1. The molecule has 2 heterocycles. The molecule has 25 heavy (non-hydrogen) atoms. The largest absolute Gasteiger partial charge is 0.454 e. The predicted octanol–water partition coefficient (Wildman–Crippen LogP) is 2.71. The summed E-state index contributed by atoms with van der Waals surface area (Å²) in [6.07, 6.45) is 6.95. The second kappa shape index (κ2) is 6.23. The van der Waals surface area contributed by atoms with E-state index in [0.29, 0.717) is 17.5 Å². The van der Waals surface area contributed by atoms with E-state index in [1.807, 2.05) is 18.2 Å². The molecule has 0 atom stereocenters. The Morgan fingerprint density at radius 2 is 2.04 bits per heavy atom. The van der Waals surface area contributed by atoms with Crippen LogP contribution in [0.5, 0.6) is 11.5 Å². The van der Waals surface area contributed by atoms with E-state index in [9.17, 15) is 4.79 Å². The molecule has 4 rings (SSSR count). The topological polar surface area (TPSA) is 86.5 Å². The number of benzene rings is 1. The van der Waals surface area contributed by atoms with E-state index in [1.54, 1.807) is 13.0 Å². The van der Waals surface area contributed by atoms with Crippen LogP contribution in [0.25, 0.3) is 6.08 Å². The number of ether oxygens (including phenoxy) is 2. The highest BCUT2D eigenvalue weighted by Crippen LogP contribution is 2.37. The van der Waals surface area contributed by atoms with Crippen LogP contribution in [0, 0.1) is 6.92 Å². The van der Waals surface area contributed by atoms with Gasteiger partial charge in [-0.05, 0) is 36.6 Å². The van der Waals surface area contributed by atoms with E-state index in [2.05, 4.69) is 15.5 Å². The van der Waals surface area contributed by atoms with E-state index in [4.69, 9.17) is 14.0 Å². The van der Waals surface area contributed by atoms with E-state index in [0.717, 1.165) is 37.0 Å². The van der Waals surface area contributed by atoms with Crippen molar-refractivity contribution in [2.45, 2.75) is 38.1 Å². The third kappa shape index (κ3) is 3.09. The molecule has 0 unspecified atom stereocenters. The number of fused-ring (bicyclic) bond motifs is 1. The van der Waals surface area contributed by atoms with Gasteiger partial charge in [0.1, 0.15) is 5.54 Å². The first kappa shape index (κ1) is 15.7. The van der Waals surface area contributed by atoms with Gasteiger partial charge in [0.05, 0.1) is 0 Å². The van der Waals surface area contributed by atoms with Gasteiger partial charge < -0.3 is 19.3 Å². The van der Waals surface area contributed by atoms with Crippen LogP contribution in [0.4, 0.5) is 0 Å². The van der Waals surface area contributed by atoms with Crippen LogP contribution in [-0.4, -0.2) is 22.8 Å². The molecule has 1 N–H and O–H groups in total. The molecule has 1 aliphatic carbocycles. The normalized spacial score (nSPS) is 18.0. The minimum Gasteiger partial charge on any atom is -0.454 e. The summed E-state index contributed by atoms with van der Waals surface area (Å²) in [4.78, 5) is 16.8. The van der Waals surface area contributed by atoms with Gasteiger partial charge >= 0.3 is 0 Å². The Morgan fingerprint density at radius 1 is 1.24 bits per heavy atom. The van der Waals surface area contributed by atoms with E-state index >= 15 is 0 Å². The fourth-order valence-corrected chi connectivity index (χ4v) is 3.34. The summed E-state index contributed by atoms with van der Waals surface area (Å²) in [7, 11) is 0. The van der Waals surface area contributed by atoms with Crippen LogP contribution in [-0.2, 0) is 10.3 Å². The standard InChI is InChI=1S/C18H19N3O4/c1-12-19-17(21-25-12)18(8-2-3-9-18)20-16(22)7-5-13-4-6-14-15(10-13)24-11-23-14/h4-7,10H,2-3,8-9,11H2,1H3,(H,20,22)/b7-5+. The maximum atomic E-state index is 12.5. The van der Waals surface area contributed by atoms with Crippen molar-refractivity contribution in [2.24, 2.45) is 0 Å². The molecule has 130 valence electrons. The lowest BCUT2D eigenvalue weighted by Crippen LogP contribution is -2.44. The highest BCUT2D eigenvalue weighted by Gasteiger charge is 2.40. The van der Waals surface area contributed by atoms with Crippen molar-refractivity contribution in [1.82, 2.24) is 15.5 Å². The molecule has 2 aromatic rings. The number of aromatic nitrogens is 2. The molecule has 1 amide bonds. The third-order valence-corrected chi connectivity index (χ3v) is 4.60. The number of rotatable bonds is 4. The summed E-state index contributed by atoms with van der Waals surface area (Å²) in [5.41, 5.74) is 0.337. The molecule has 1 fully saturated rings. The van der Waals surface area contributed by atoms with Crippen LogP contribution in [0.3, 0.4) is 0 Å². The van der Waals surface area contributed by atoms with Crippen molar-refractivity contribution in [3.8, 4) is 11.5 Å². The number of hydrogen-bond acceptors (Lipinski definition) is 6. The molecular formula is C18H19N3O4. The molecule has 0 radical (unpaired) electrons. The first-order valence-corrected chi connectivity index (χ1v) is 8.35. The van der Waals surface area contributed by atoms with Crippen molar-refractivity contribution < 1.29 is 18.8 Å². The molecule has 0 bridgehead atoms. The highest BCUT2D eigenvalue weighted by atomic mass is 16.7. The van der Waals surface area contributed by atoms with Gasteiger partial charge in [0.15, 0.2) is 17.3 Å². The van der Waals surface area contributed by atoms with E-state index in [1.165, 1.54) is 6.08 Å². The summed E-state index contributed by atoms with van der Waals surface area (Å²) in [6, 6.07) is 5.56. The summed E-state index contributed by atoms with van der Waals surface area (Å²) >= 11 is 0. The lowest BCUT2D eigenvalue weighted by Gasteiger charge is -2.25. The number of amides is 1. The molecule has 1 aromatic carbocycles. The van der Waals surface area contributed by atoms with Gasteiger partial charge in [0.2, 0.25) is 18.6 Å². The number of carbonyl (C=O) groups is 1. The minimum absolute atomic E-state index is 0.179. The Labute approximate surface area is 145 Å². The number of aryl methyl sites for hydroxylation is 1. The zero-order valence-corrected chi connectivity index (χ0v) is 13.9. The Hall–Kier alpha value is -2.83. The van der Waals surface area contributed by atoms with Gasteiger partial charge in [0.25, 0.3) is 0 Å². The van der Waals surface area contributed by atoms with Gasteiger partial charge in [-0.1, -0.05) is 24.1 Å². The molecule has 0 spiro atoms. The Bertz CT molecular complexity index is 821. The third-order valence-electron chi connectivity index (χ3n) is 4.60. The zero-order valence-electron chi connectivity index (χ0n) is 13.9. The molecule has 1 aromatic heterocycles. The lowest BCUT2D eigenvalue weighted by molar-refractivity contribution is -0.118. The fourth-order valence-electron chi connectivity index (χ4n) is 3.34. The maximum Gasteiger partial charge on any atom is 0.244 e. The van der Waals surface area contributed by atoms with Crippen molar-refractivity contribution in [3.05, 3.63) is 41.6 Å². The smallest absolute Gasteiger partial charge is 0.244 e. The van der Waals surface area contributed by atoms with Crippen molar-refractivity contribution in [2.75, 3.05) is 6.79 Å². The average molecular weight is 341 g/mol. The number of carbonyl (C=O) groups excluding carboxylic acids is 1. The van der Waals surface area contributed by atoms with Gasteiger partial charge in [-0.15, -0.1) is 0 Å². The Kier molecular flexibility index (Phi) is 3.91. The molecule has 7 heteroatoms. The first-order chi connectivity index (χ1) is 12.1. The number of nitrogens with zero attached hydrogens (tertiary/aromatic N) is 2. The van der Waals surface area contributed by atoms with Gasteiger partial charge in [-0.3, -0.25) is 4.79 Å². The van der Waals surface area contributed by atoms with Crippen LogP contribution in [0.1, 0.15) is 43.0 Å². The van der Waals surface area contributed by atoms with Crippen LogP contribution >= 0.6 is 0 Å². The van der Waals surface area contributed by atoms with Crippen molar-refractivity contribution in [3.63, 3.8) is 0 Å². The molecule has 1 aliphatic heterocycles. The number of nitrogens with one attached hydrogen (secondary N) is 1. The first-order valence-electron chi connectivity index (χ1n) is 8.35. The van der Waals surface area contributed by atoms with E-state index in [-0.39, 0.29) is 12.7 Å². The molecular weight excluding hydrogens is 322 g/mol.